The van der Waals surface area contributed by atoms with Gasteiger partial charge in [-0.05, 0) is 106 Å². The van der Waals surface area contributed by atoms with Crippen molar-refractivity contribution < 1.29 is 9.53 Å². The number of hydrogen-bond donors (Lipinski definition) is 4. The number of para-hydroxylation sites is 2. The Labute approximate surface area is 300 Å². The maximum Gasteiger partial charge on any atom is 0.407 e. The minimum absolute atomic E-state index is 0.0475. The van der Waals surface area contributed by atoms with Gasteiger partial charge in [0.25, 0.3) is 0 Å². The van der Waals surface area contributed by atoms with Crippen LogP contribution >= 0.6 is 11.6 Å². The number of hydrogen-bond acceptors (Lipinski definition) is 6. The summed E-state index contributed by atoms with van der Waals surface area (Å²) in [5, 5.41) is 4.73. The van der Waals surface area contributed by atoms with Crippen molar-refractivity contribution in [1.82, 2.24) is 39.2 Å². The number of nitrogens with zero attached hydrogens (tertiary/aromatic N) is 4. The maximum atomic E-state index is 12.5. The number of benzene rings is 3. The molecule has 2 fully saturated rings. The molecule has 4 N–H and O–H groups in total. The molecule has 8 rings (SSSR count). The molecule has 13 heteroatoms. The smallest absolute Gasteiger partial charge is 0.407 e. The van der Waals surface area contributed by atoms with E-state index >= 15 is 0 Å². The van der Waals surface area contributed by atoms with E-state index in [-0.39, 0.29) is 29.6 Å². The first-order valence-corrected chi connectivity index (χ1v) is 18.1. The fourth-order valence-corrected chi connectivity index (χ4v) is 7.54. The number of piperidine rings is 1. The number of imidazole rings is 2. The molecule has 51 heavy (non-hydrogen) atoms. The average Bonchev–Trinajstić information content (AvgIpc) is 3.88. The van der Waals surface area contributed by atoms with Gasteiger partial charge in [-0.25, -0.2) is 14.4 Å². The topological polar surface area (TPSA) is 136 Å². The van der Waals surface area contributed by atoms with Crippen LogP contribution in [0.5, 0.6) is 0 Å². The number of aromatic amines is 3. The molecule has 0 bridgehead atoms. The van der Waals surface area contributed by atoms with Gasteiger partial charge < -0.3 is 34.8 Å². The molecule has 3 aromatic carbocycles. The van der Waals surface area contributed by atoms with Crippen molar-refractivity contribution in [3.8, 4) is 0 Å². The van der Waals surface area contributed by atoms with Crippen LogP contribution in [-0.2, 0) is 24.1 Å². The SMILES string of the molecule is CN(C)CCc1c[nH]c2ccc(C[C@H]3COC(=O)N3)cc12.O=c1[nH]c2ccccc2n1CCCN1CCC(n2c(=O)[nH]c3cc(Cl)ccc32)CC1. The molecule has 1 atom stereocenters. The quantitative estimate of drug-likeness (QED) is 0.153. The molecule has 1 amide bonds. The minimum Gasteiger partial charge on any atom is -0.447 e. The number of cyclic esters (lactones) is 1. The summed E-state index contributed by atoms with van der Waals surface area (Å²) in [4.78, 5) is 49.5. The summed E-state index contributed by atoms with van der Waals surface area (Å²) in [5.41, 5.74) is 7.17. The minimum atomic E-state index is -0.311. The molecular weight excluding hydrogens is 668 g/mol. The van der Waals surface area contributed by atoms with Gasteiger partial charge in [0.05, 0.1) is 28.1 Å². The second kappa shape index (κ2) is 15.2. The van der Waals surface area contributed by atoms with Crippen molar-refractivity contribution in [2.45, 2.75) is 50.7 Å². The lowest BCUT2D eigenvalue weighted by Crippen LogP contribution is -2.37. The number of rotatable bonds is 10. The van der Waals surface area contributed by atoms with Crippen LogP contribution in [0.1, 0.15) is 36.4 Å². The van der Waals surface area contributed by atoms with Crippen LogP contribution in [0.3, 0.4) is 0 Å². The second-order valence-electron chi connectivity index (χ2n) is 13.9. The Hall–Kier alpha value is -4.78. The van der Waals surface area contributed by atoms with Gasteiger partial charge in [-0.15, -0.1) is 0 Å². The number of likely N-dealkylation sites (N-methyl/N-ethyl adjacent to an activating group) is 1. The number of ether oxygens (including phenoxy) is 1. The Morgan fingerprint density at radius 2 is 1.69 bits per heavy atom. The van der Waals surface area contributed by atoms with E-state index in [9.17, 15) is 14.4 Å². The highest BCUT2D eigenvalue weighted by atomic mass is 35.5. The summed E-state index contributed by atoms with van der Waals surface area (Å²) in [6, 6.07) is 20.1. The van der Waals surface area contributed by atoms with E-state index in [1.165, 1.54) is 22.0 Å². The third-order valence-corrected chi connectivity index (χ3v) is 10.3. The third-order valence-electron chi connectivity index (χ3n) is 10.0. The molecule has 2 aliphatic heterocycles. The van der Waals surface area contributed by atoms with Crippen molar-refractivity contribution in [2.24, 2.45) is 0 Å². The van der Waals surface area contributed by atoms with Gasteiger partial charge in [0.2, 0.25) is 0 Å². The molecule has 5 heterocycles. The third kappa shape index (κ3) is 7.93. The van der Waals surface area contributed by atoms with Crippen LogP contribution in [0.25, 0.3) is 33.0 Å². The highest BCUT2D eigenvalue weighted by Crippen LogP contribution is 2.26. The Balaban J connectivity index is 0.000000170. The number of alkyl carbamates (subject to hydrolysis) is 1. The van der Waals surface area contributed by atoms with Gasteiger partial charge in [-0.2, -0.15) is 0 Å². The largest absolute Gasteiger partial charge is 0.447 e. The van der Waals surface area contributed by atoms with E-state index in [4.69, 9.17) is 16.3 Å². The van der Waals surface area contributed by atoms with E-state index < -0.39 is 0 Å². The number of likely N-dealkylation sites (tertiary alicyclic amines) is 1. The number of aromatic nitrogens is 5. The molecular formula is C38H45ClN8O4. The van der Waals surface area contributed by atoms with Gasteiger partial charge in [-0.1, -0.05) is 29.8 Å². The second-order valence-corrected chi connectivity index (χ2v) is 14.3. The maximum absolute atomic E-state index is 12.5. The van der Waals surface area contributed by atoms with Crippen molar-refractivity contribution in [1.29, 1.82) is 0 Å². The Kier molecular flexibility index (Phi) is 10.3. The van der Waals surface area contributed by atoms with Crippen LogP contribution in [0.15, 0.2) is 76.4 Å². The Bertz CT molecular complexity index is 2250. The number of halogens is 1. The van der Waals surface area contributed by atoms with Gasteiger partial charge >= 0.3 is 17.5 Å². The van der Waals surface area contributed by atoms with Crippen molar-refractivity contribution in [3.63, 3.8) is 0 Å². The Morgan fingerprint density at radius 3 is 2.47 bits per heavy atom. The fraction of sp³-hybridized carbons (Fsp3) is 0.395. The van der Waals surface area contributed by atoms with Gasteiger partial charge in [0.15, 0.2) is 0 Å². The van der Waals surface area contributed by atoms with E-state index in [0.29, 0.717) is 18.2 Å². The van der Waals surface area contributed by atoms with Crippen molar-refractivity contribution in [3.05, 3.63) is 104 Å². The molecule has 0 saturated carbocycles. The first-order chi connectivity index (χ1) is 24.7. The summed E-state index contributed by atoms with van der Waals surface area (Å²) in [6.07, 6.45) is 6.40. The average molecular weight is 713 g/mol. The summed E-state index contributed by atoms with van der Waals surface area (Å²) in [5.74, 6) is 0. The van der Waals surface area contributed by atoms with Gasteiger partial charge in [-0.3, -0.25) is 9.13 Å². The zero-order valence-corrected chi connectivity index (χ0v) is 29.8. The number of aryl methyl sites for hydroxylation is 1. The molecule has 0 aliphatic carbocycles. The predicted octanol–water partition coefficient (Wildman–Crippen LogP) is 5.28. The van der Waals surface area contributed by atoms with E-state index in [1.807, 2.05) is 45.5 Å². The van der Waals surface area contributed by atoms with Crippen LogP contribution in [0, 0.1) is 0 Å². The Morgan fingerprint density at radius 1 is 0.882 bits per heavy atom. The number of H-pyrrole nitrogens is 3. The highest BCUT2D eigenvalue weighted by molar-refractivity contribution is 6.31. The number of fused-ring (bicyclic) bond motifs is 3. The zero-order valence-electron chi connectivity index (χ0n) is 29.1. The molecule has 0 spiro atoms. The molecule has 2 saturated heterocycles. The lowest BCUT2D eigenvalue weighted by molar-refractivity contribution is 0.177. The standard InChI is InChI=1S/C22H24ClN5O2.C16H21N3O2/c23-15-6-7-20-18(14-15)25-22(30)28(20)16-8-12-26(13-9-16)10-3-11-27-19-5-2-1-4-17(19)24-21(27)29;1-19(2)6-5-12-9-17-15-4-3-11(8-14(12)15)7-13-10-21-16(20)18-13/h1-2,4-7,14,16H,3,8-13H2,(H,24,29)(H,25,30);3-4,8-9,13,17H,5-7,10H2,1-2H3,(H,18,20)/t;13-/m.0/s1. The summed E-state index contributed by atoms with van der Waals surface area (Å²) >= 11 is 6.05. The molecule has 268 valence electrons. The van der Waals surface area contributed by atoms with E-state index in [2.05, 4.69) is 68.6 Å². The van der Waals surface area contributed by atoms with Crippen LogP contribution in [0.2, 0.25) is 5.02 Å². The normalized spacial score (nSPS) is 16.9. The van der Waals surface area contributed by atoms with E-state index in [1.54, 1.807) is 6.07 Å². The highest BCUT2D eigenvalue weighted by Gasteiger charge is 2.24. The van der Waals surface area contributed by atoms with Crippen LogP contribution < -0.4 is 16.7 Å². The lowest BCUT2D eigenvalue weighted by atomic mass is 10.0. The number of carbonyl (C=O) groups excluding carboxylic acids is 1. The lowest BCUT2D eigenvalue weighted by Gasteiger charge is -2.32. The summed E-state index contributed by atoms with van der Waals surface area (Å²) < 4.78 is 8.64. The van der Waals surface area contributed by atoms with Gasteiger partial charge in [0.1, 0.15) is 6.61 Å². The van der Waals surface area contributed by atoms with Gasteiger partial charge in [0, 0.05) is 54.3 Å². The molecule has 2 aliphatic rings. The molecule has 3 aromatic heterocycles. The molecule has 0 radical (unpaired) electrons. The first-order valence-electron chi connectivity index (χ1n) is 17.7. The summed E-state index contributed by atoms with van der Waals surface area (Å²) in [7, 11) is 4.17. The molecule has 12 nitrogen and oxygen atoms in total. The number of amides is 1. The molecule has 6 aromatic rings. The van der Waals surface area contributed by atoms with E-state index in [0.717, 1.165) is 80.3 Å². The van der Waals surface area contributed by atoms with Crippen LogP contribution in [0.4, 0.5) is 4.79 Å². The fourth-order valence-electron chi connectivity index (χ4n) is 7.37. The number of nitrogens with one attached hydrogen (secondary N) is 4. The van der Waals surface area contributed by atoms with Crippen molar-refractivity contribution >= 4 is 50.7 Å². The number of carbonyl (C=O) groups is 1. The first kappa shape index (κ1) is 34.7. The van der Waals surface area contributed by atoms with Crippen LogP contribution in [-0.4, -0.2) is 92.9 Å². The van der Waals surface area contributed by atoms with Crippen molar-refractivity contribution in [2.75, 3.05) is 46.9 Å². The molecule has 0 unspecified atom stereocenters. The monoisotopic (exact) mass is 712 g/mol. The predicted molar refractivity (Wildman–Crippen MR) is 202 cm³/mol. The summed E-state index contributed by atoms with van der Waals surface area (Å²) in [6.45, 7) is 5.02. The zero-order chi connectivity index (χ0) is 35.5.